The Hall–Kier alpha value is -3.56. The van der Waals surface area contributed by atoms with Crippen LogP contribution < -0.4 is 5.73 Å². The highest BCUT2D eigenvalue weighted by Crippen LogP contribution is 2.36. The number of hydrogen-bond donors (Lipinski definition) is 1. The molecule has 1 aromatic rings. The Balaban J connectivity index is 2.48. The second kappa shape index (κ2) is 11.7. The Bertz CT molecular complexity index is 1100. The van der Waals surface area contributed by atoms with Crippen molar-refractivity contribution in [3.8, 4) is 0 Å². The summed E-state index contributed by atoms with van der Waals surface area (Å²) in [6.07, 6.45) is 1.56. The summed E-state index contributed by atoms with van der Waals surface area (Å²) in [4.78, 5) is 24.2. The number of ether oxygens (including phenoxy) is 1. The summed E-state index contributed by atoms with van der Waals surface area (Å²) in [6, 6.07) is 4.37. The molecule has 1 aromatic carbocycles. The number of hydrogen-bond acceptors (Lipinski definition) is 3. The SMILES string of the molecule is CC(C=O)(CC(/C=C(F)\C=C\F)=C\F)c1cc(C2C=C(OCC(F)(F)F)C=CC2)ccc1C(N)=O. The number of primary amides is 1. The minimum absolute atomic E-state index is 0.00132. The first kappa shape index (κ1) is 27.7. The number of nitrogens with two attached hydrogens (primary N) is 1. The molecule has 0 fully saturated rings. The fourth-order valence-electron chi connectivity index (χ4n) is 3.66. The molecular formula is C25H23F6NO3. The molecule has 0 bridgehead atoms. The molecule has 1 aliphatic rings. The topological polar surface area (TPSA) is 69.4 Å². The summed E-state index contributed by atoms with van der Waals surface area (Å²) in [7, 11) is 0. The number of carbonyl (C=O) groups is 2. The number of rotatable bonds is 10. The van der Waals surface area contributed by atoms with E-state index in [1.807, 2.05) is 0 Å². The zero-order chi connectivity index (χ0) is 26.2. The molecule has 1 aliphatic carbocycles. The first-order chi connectivity index (χ1) is 16.4. The lowest BCUT2D eigenvalue weighted by atomic mass is 9.74. The van der Waals surface area contributed by atoms with E-state index in [9.17, 15) is 35.9 Å². The molecule has 1 amide bonds. The van der Waals surface area contributed by atoms with Gasteiger partial charge in [0.05, 0.1) is 18.1 Å². The van der Waals surface area contributed by atoms with E-state index in [4.69, 9.17) is 10.5 Å². The number of amides is 1. The van der Waals surface area contributed by atoms with Crippen LogP contribution in [0.5, 0.6) is 0 Å². The number of alkyl halides is 3. The van der Waals surface area contributed by atoms with Crippen LogP contribution in [-0.2, 0) is 14.9 Å². The normalized spacial score (nSPS) is 18.8. The van der Waals surface area contributed by atoms with Crippen molar-refractivity contribution in [2.75, 3.05) is 6.61 Å². The van der Waals surface area contributed by atoms with Gasteiger partial charge in [-0.15, -0.1) is 0 Å². The van der Waals surface area contributed by atoms with E-state index in [0.29, 0.717) is 30.4 Å². The molecule has 10 heteroatoms. The third-order valence-corrected chi connectivity index (χ3v) is 5.31. The third-order valence-electron chi connectivity index (χ3n) is 5.31. The number of benzene rings is 1. The van der Waals surface area contributed by atoms with Gasteiger partial charge in [0, 0.05) is 17.6 Å². The van der Waals surface area contributed by atoms with Crippen molar-refractivity contribution >= 4 is 12.2 Å². The molecule has 0 heterocycles. The van der Waals surface area contributed by atoms with E-state index < -0.39 is 42.3 Å². The fourth-order valence-corrected chi connectivity index (χ4v) is 3.66. The largest absolute Gasteiger partial charge is 0.484 e. The highest BCUT2D eigenvalue weighted by atomic mass is 19.4. The second-order valence-electron chi connectivity index (χ2n) is 8.10. The molecule has 2 N–H and O–H groups in total. The number of allylic oxidation sites excluding steroid dienone is 7. The van der Waals surface area contributed by atoms with Crippen LogP contribution in [0.4, 0.5) is 26.3 Å². The summed E-state index contributed by atoms with van der Waals surface area (Å²) in [5.41, 5.74) is 4.22. The van der Waals surface area contributed by atoms with Gasteiger partial charge in [0.1, 0.15) is 17.9 Å². The van der Waals surface area contributed by atoms with Gasteiger partial charge in [-0.1, -0.05) is 18.2 Å². The molecule has 35 heavy (non-hydrogen) atoms. The van der Waals surface area contributed by atoms with E-state index in [1.54, 1.807) is 6.08 Å². The summed E-state index contributed by atoms with van der Waals surface area (Å²) < 4.78 is 81.6. The first-order valence-electron chi connectivity index (χ1n) is 10.3. The van der Waals surface area contributed by atoms with Crippen molar-refractivity contribution in [2.24, 2.45) is 5.73 Å². The zero-order valence-electron chi connectivity index (χ0n) is 18.6. The lowest BCUT2D eigenvalue weighted by molar-refractivity contribution is -0.163. The van der Waals surface area contributed by atoms with Gasteiger partial charge in [-0.2, -0.15) is 13.2 Å². The standard InChI is InChI=1S/C25H23F6NO3/c1-24(14-33,12-16(13-27)9-19(28)7-8-26)22-11-18(5-6-21(22)23(32)34)17-3-2-4-20(10-17)35-15-25(29,30)31/h2,4-11,13-14,17H,3,12,15H2,1H3,(H2,32,34)/b8-7+,16-13-,19-9+. The zero-order valence-corrected chi connectivity index (χ0v) is 18.6. The molecule has 0 aromatic heterocycles. The monoisotopic (exact) mass is 499 g/mol. The van der Waals surface area contributed by atoms with Crippen molar-refractivity contribution in [3.63, 3.8) is 0 Å². The van der Waals surface area contributed by atoms with Gasteiger partial charge in [-0.25, -0.2) is 13.2 Å². The van der Waals surface area contributed by atoms with Crippen LogP contribution in [0.2, 0.25) is 0 Å². The van der Waals surface area contributed by atoms with Gasteiger partial charge >= 0.3 is 6.18 Å². The van der Waals surface area contributed by atoms with Crippen LogP contribution in [0.15, 0.2) is 78.4 Å². The number of halogens is 6. The lowest BCUT2D eigenvalue weighted by Gasteiger charge is -2.28. The molecule has 0 radical (unpaired) electrons. The van der Waals surface area contributed by atoms with E-state index in [-0.39, 0.29) is 35.1 Å². The molecule has 4 nitrogen and oxygen atoms in total. The second-order valence-corrected chi connectivity index (χ2v) is 8.10. The maximum atomic E-state index is 13.7. The van der Waals surface area contributed by atoms with Crippen LogP contribution in [-0.4, -0.2) is 25.0 Å². The van der Waals surface area contributed by atoms with Crippen LogP contribution in [0.3, 0.4) is 0 Å². The Morgan fingerprint density at radius 1 is 1.26 bits per heavy atom. The van der Waals surface area contributed by atoms with Crippen molar-refractivity contribution < 1.29 is 40.7 Å². The maximum Gasteiger partial charge on any atom is 0.422 e. The molecule has 0 spiro atoms. The van der Waals surface area contributed by atoms with E-state index in [1.165, 1.54) is 37.3 Å². The molecule has 2 rings (SSSR count). The highest BCUT2D eigenvalue weighted by molar-refractivity contribution is 5.96. The maximum absolute atomic E-state index is 13.7. The molecule has 2 unspecified atom stereocenters. The molecule has 0 aliphatic heterocycles. The lowest BCUT2D eigenvalue weighted by Crippen LogP contribution is -2.29. The van der Waals surface area contributed by atoms with E-state index >= 15 is 0 Å². The predicted molar refractivity (Wildman–Crippen MR) is 118 cm³/mol. The summed E-state index contributed by atoms with van der Waals surface area (Å²) in [6.45, 7) is -0.0781. The smallest absolute Gasteiger partial charge is 0.422 e. The Labute approximate surface area is 198 Å². The first-order valence-corrected chi connectivity index (χ1v) is 10.3. The average molecular weight is 499 g/mol. The van der Waals surface area contributed by atoms with Gasteiger partial charge in [0.2, 0.25) is 5.91 Å². The van der Waals surface area contributed by atoms with Gasteiger partial charge in [-0.05, 0) is 60.8 Å². The van der Waals surface area contributed by atoms with Crippen molar-refractivity contribution in [2.45, 2.75) is 37.3 Å². The molecule has 188 valence electrons. The number of aldehydes is 1. The molecule has 0 saturated heterocycles. The Morgan fingerprint density at radius 2 is 1.97 bits per heavy atom. The summed E-state index contributed by atoms with van der Waals surface area (Å²) >= 11 is 0. The van der Waals surface area contributed by atoms with Crippen LogP contribution >= 0.6 is 0 Å². The molecular weight excluding hydrogens is 476 g/mol. The minimum atomic E-state index is -4.51. The van der Waals surface area contributed by atoms with Crippen molar-refractivity contribution in [1.82, 2.24) is 0 Å². The van der Waals surface area contributed by atoms with Crippen molar-refractivity contribution in [3.05, 3.63) is 95.1 Å². The Kier molecular flexibility index (Phi) is 9.27. The number of carbonyl (C=O) groups excluding carboxylic acids is 2. The van der Waals surface area contributed by atoms with Crippen LogP contribution in [0.1, 0.15) is 47.2 Å². The van der Waals surface area contributed by atoms with Gasteiger partial charge in [-0.3, -0.25) is 4.79 Å². The quantitative estimate of drug-likeness (QED) is 0.232. The van der Waals surface area contributed by atoms with E-state index in [2.05, 4.69) is 0 Å². The van der Waals surface area contributed by atoms with Gasteiger partial charge in [0.15, 0.2) is 6.61 Å². The summed E-state index contributed by atoms with van der Waals surface area (Å²) in [5.74, 6) is -2.43. The molecule has 0 saturated carbocycles. The third kappa shape index (κ3) is 7.73. The van der Waals surface area contributed by atoms with Crippen LogP contribution in [0.25, 0.3) is 0 Å². The van der Waals surface area contributed by atoms with Gasteiger partial charge < -0.3 is 15.3 Å². The fraction of sp³-hybridized carbons (Fsp3) is 0.280. The average Bonchev–Trinajstić information content (AvgIpc) is 2.81. The van der Waals surface area contributed by atoms with Crippen LogP contribution in [0, 0.1) is 0 Å². The minimum Gasteiger partial charge on any atom is -0.484 e. The van der Waals surface area contributed by atoms with Gasteiger partial charge in [0.25, 0.3) is 0 Å². The van der Waals surface area contributed by atoms with E-state index in [0.717, 1.165) is 0 Å². The van der Waals surface area contributed by atoms with Crippen molar-refractivity contribution in [1.29, 1.82) is 0 Å². The highest BCUT2D eigenvalue weighted by Gasteiger charge is 2.33. The Morgan fingerprint density at radius 3 is 2.54 bits per heavy atom. The summed E-state index contributed by atoms with van der Waals surface area (Å²) in [5, 5.41) is 0. The molecule has 2 atom stereocenters. The predicted octanol–water partition coefficient (Wildman–Crippen LogP) is 6.33.